The predicted molar refractivity (Wildman–Crippen MR) is 63.8 cm³/mol. The largest absolute Gasteiger partial charge is 0.409 e. The number of aryl methyl sites for hydroxylation is 2. The van der Waals surface area contributed by atoms with Crippen molar-refractivity contribution in [3.8, 4) is 0 Å². The third-order valence-electron chi connectivity index (χ3n) is 2.45. The topological polar surface area (TPSA) is 106 Å². The van der Waals surface area contributed by atoms with Gasteiger partial charge in [-0.1, -0.05) is 12.1 Å². The number of hydrogen-bond acceptors (Lipinski definition) is 4. The molecule has 1 amide bonds. The second kappa shape index (κ2) is 5.33. The molecular formula is C10H17N5O2. The Morgan fingerprint density at radius 2 is 2.41 bits per heavy atom. The van der Waals surface area contributed by atoms with E-state index in [-0.39, 0.29) is 11.7 Å². The van der Waals surface area contributed by atoms with Gasteiger partial charge in [-0.05, 0) is 13.3 Å². The number of oxime groups is 1. The Kier molecular flexibility index (Phi) is 4.08. The summed E-state index contributed by atoms with van der Waals surface area (Å²) in [5.41, 5.74) is 6.81. The van der Waals surface area contributed by atoms with Crippen LogP contribution in [-0.4, -0.2) is 26.7 Å². The summed E-state index contributed by atoms with van der Waals surface area (Å²) >= 11 is 0. The quantitative estimate of drug-likeness (QED) is 0.304. The number of carbonyl (C=O) groups excluding carboxylic acids is 1. The predicted octanol–water partition coefficient (Wildman–Crippen LogP) is 0.303. The monoisotopic (exact) mass is 239 g/mol. The van der Waals surface area contributed by atoms with Crippen molar-refractivity contribution in [3.63, 3.8) is 0 Å². The molecule has 1 aromatic heterocycles. The highest BCUT2D eigenvalue weighted by atomic mass is 16.4. The number of amidine groups is 1. The van der Waals surface area contributed by atoms with E-state index >= 15 is 0 Å². The van der Waals surface area contributed by atoms with Crippen molar-refractivity contribution < 1.29 is 10.0 Å². The Labute approximate surface area is 99.3 Å². The van der Waals surface area contributed by atoms with E-state index in [4.69, 9.17) is 10.9 Å². The van der Waals surface area contributed by atoms with Gasteiger partial charge in [0, 0.05) is 13.2 Å². The van der Waals surface area contributed by atoms with Crippen molar-refractivity contribution in [2.75, 3.05) is 5.32 Å². The highest BCUT2D eigenvalue weighted by molar-refractivity contribution is 6.07. The number of anilines is 1. The Bertz CT molecular complexity index is 438. The molecule has 1 heterocycles. The number of aromatic nitrogens is 2. The minimum atomic E-state index is -0.690. The molecule has 0 spiro atoms. The first kappa shape index (κ1) is 13.0. The molecule has 0 aliphatic carbocycles. The fourth-order valence-electron chi connectivity index (χ4n) is 1.36. The summed E-state index contributed by atoms with van der Waals surface area (Å²) in [6.45, 7) is 3.51. The molecule has 0 radical (unpaired) electrons. The number of nitrogens with two attached hydrogens (primary N) is 1. The summed E-state index contributed by atoms with van der Waals surface area (Å²) in [6, 6.07) is 0. The van der Waals surface area contributed by atoms with Gasteiger partial charge >= 0.3 is 0 Å². The van der Waals surface area contributed by atoms with Gasteiger partial charge in [0.15, 0.2) is 5.84 Å². The van der Waals surface area contributed by atoms with Crippen molar-refractivity contribution >= 4 is 17.4 Å². The third kappa shape index (κ3) is 2.96. The molecule has 4 N–H and O–H groups in total. The van der Waals surface area contributed by atoms with Crippen LogP contribution in [0.3, 0.4) is 0 Å². The third-order valence-corrected chi connectivity index (χ3v) is 2.45. The molecule has 1 rings (SSSR count). The summed E-state index contributed by atoms with van der Waals surface area (Å²) in [6.07, 6.45) is 2.43. The molecule has 17 heavy (non-hydrogen) atoms. The van der Waals surface area contributed by atoms with Gasteiger partial charge in [0.2, 0.25) is 5.91 Å². The number of hydrogen-bond donors (Lipinski definition) is 3. The number of rotatable bonds is 4. The van der Waals surface area contributed by atoms with Crippen molar-refractivity contribution in [2.24, 2.45) is 23.9 Å². The highest BCUT2D eigenvalue weighted by Gasteiger charge is 2.19. The number of nitrogens with one attached hydrogen (secondary N) is 1. The van der Waals surface area contributed by atoms with Crippen LogP contribution in [0.25, 0.3) is 0 Å². The minimum Gasteiger partial charge on any atom is -0.409 e. The van der Waals surface area contributed by atoms with E-state index in [1.54, 1.807) is 24.9 Å². The van der Waals surface area contributed by atoms with Crippen LogP contribution in [0, 0.1) is 5.92 Å². The maximum Gasteiger partial charge on any atom is 0.235 e. The normalized spacial score (nSPS) is 13.5. The first-order valence-electron chi connectivity index (χ1n) is 5.30. The molecule has 0 bridgehead atoms. The zero-order chi connectivity index (χ0) is 13.0. The van der Waals surface area contributed by atoms with E-state index in [0.717, 1.165) is 5.69 Å². The molecule has 7 nitrogen and oxygen atoms in total. The van der Waals surface area contributed by atoms with Crippen molar-refractivity contribution in [1.82, 2.24) is 9.78 Å². The summed E-state index contributed by atoms with van der Waals surface area (Å²) in [5.74, 6) is -1.14. The Hall–Kier alpha value is -2.05. The van der Waals surface area contributed by atoms with Crippen LogP contribution in [0.2, 0.25) is 0 Å². The van der Waals surface area contributed by atoms with Gasteiger partial charge in [0.25, 0.3) is 0 Å². The summed E-state index contributed by atoms with van der Waals surface area (Å²) < 4.78 is 1.63. The maximum absolute atomic E-state index is 11.8. The Morgan fingerprint density at radius 1 is 1.76 bits per heavy atom. The van der Waals surface area contributed by atoms with Gasteiger partial charge in [0.05, 0.1) is 17.3 Å². The molecule has 0 aliphatic rings. The van der Waals surface area contributed by atoms with Crippen LogP contribution in [0.15, 0.2) is 11.4 Å². The van der Waals surface area contributed by atoms with Crippen molar-refractivity contribution in [3.05, 3.63) is 11.9 Å². The fourth-order valence-corrected chi connectivity index (χ4v) is 1.36. The second-order valence-electron chi connectivity index (χ2n) is 3.75. The lowest BCUT2D eigenvalue weighted by atomic mass is 10.1. The molecule has 94 valence electrons. The van der Waals surface area contributed by atoms with Crippen molar-refractivity contribution in [2.45, 2.75) is 20.3 Å². The molecule has 7 heteroatoms. The Morgan fingerprint density at radius 3 is 2.94 bits per heavy atom. The van der Waals surface area contributed by atoms with Gasteiger partial charge in [-0.15, -0.1) is 0 Å². The molecule has 0 saturated heterocycles. The number of carbonyl (C=O) groups is 1. The molecule has 1 unspecified atom stereocenters. The van der Waals surface area contributed by atoms with E-state index < -0.39 is 5.92 Å². The number of amides is 1. The first-order chi connectivity index (χ1) is 7.99. The van der Waals surface area contributed by atoms with Crippen LogP contribution >= 0.6 is 0 Å². The van der Waals surface area contributed by atoms with Crippen LogP contribution in [0.1, 0.15) is 19.5 Å². The SMILES string of the molecule is CCc1nn(C)cc1NC(=O)C(C)/C(N)=N/O. The van der Waals surface area contributed by atoms with Gasteiger partial charge in [0.1, 0.15) is 0 Å². The zero-order valence-electron chi connectivity index (χ0n) is 10.1. The number of nitrogens with zero attached hydrogens (tertiary/aromatic N) is 3. The lowest BCUT2D eigenvalue weighted by molar-refractivity contribution is -0.117. The Balaban J connectivity index is 2.80. The van der Waals surface area contributed by atoms with Gasteiger partial charge < -0.3 is 16.3 Å². The average Bonchev–Trinajstić information content (AvgIpc) is 2.67. The van der Waals surface area contributed by atoms with Crippen LogP contribution in [0.4, 0.5) is 5.69 Å². The highest BCUT2D eigenvalue weighted by Crippen LogP contribution is 2.14. The maximum atomic E-state index is 11.8. The lowest BCUT2D eigenvalue weighted by Crippen LogP contribution is -2.32. The molecule has 1 atom stereocenters. The van der Waals surface area contributed by atoms with Gasteiger partial charge in [-0.3, -0.25) is 9.48 Å². The molecule has 0 aromatic carbocycles. The molecule has 0 saturated carbocycles. The lowest BCUT2D eigenvalue weighted by Gasteiger charge is -2.09. The second-order valence-corrected chi connectivity index (χ2v) is 3.75. The summed E-state index contributed by atoms with van der Waals surface area (Å²) in [5, 5.41) is 18.2. The van der Waals surface area contributed by atoms with Crippen LogP contribution in [-0.2, 0) is 18.3 Å². The van der Waals surface area contributed by atoms with Gasteiger partial charge in [-0.2, -0.15) is 5.10 Å². The summed E-state index contributed by atoms with van der Waals surface area (Å²) in [4.78, 5) is 11.8. The fraction of sp³-hybridized carbons (Fsp3) is 0.500. The molecule has 0 aliphatic heterocycles. The first-order valence-corrected chi connectivity index (χ1v) is 5.30. The van der Waals surface area contributed by atoms with E-state index in [2.05, 4.69) is 15.6 Å². The summed E-state index contributed by atoms with van der Waals surface area (Å²) in [7, 11) is 1.78. The molecular weight excluding hydrogens is 222 g/mol. The van der Waals surface area contributed by atoms with E-state index in [9.17, 15) is 4.79 Å². The molecule has 1 aromatic rings. The van der Waals surface area contributed by atoms with Crippen molar-refractivity contribution in [1.29, 1.82) is 0 Å². The van der Waals surface area contributed by atoms with E-state index in [1.165, 1.54) is 0 Å². The minimum absolute atomic E-state index is 0.121. The standard InChI is InChI=1S/C10H17N5O2/c1-4-7-8(5-15(3)13-7)12-10(16)6(2)9(11)14-17/h5-6,17H,4H2,1-3H3,(H2,11,14)(H,12,16). The van der Waals surface area contributed by atoms with Gasteiger partial charge in [-0.25, -0.2) is 0 Å². The van der Waals surface area contributed by atoms with Crippen LogP contribution < -0.4 is 11.1 Å². The zero-order valence-corrected chi connectivity index (χ0v) is 10.1. The van der Waals surface area contributed by atoms with Crippen LogP contribution in [0.5, 0.6) is 0 Å². The van der Waals surface area contributed by atoms with E-state index in [0.29, 0.717) is 12.1 Å². The smallest absolute Gasteiger partial charge is 0.235 e. The van der Waals surface area contributed by atoms with E-state index in [1.807, 2.05) is 6.92 Å². The average molecular weight is 239 g/mol. The molecule has 0 fully saturated rings.